The lowest BCUT2D eigenvalue weighted by atomic mass is 9.94. The van der Waals surface area contributed by atoms with Crippen molar-refractivity contribution in [2.75, 3.05) is 0 Å². The fraction of sp³-hybridized carbons (Fsp3) is 0.385. The van der Waals surface area contributed by atoms with Gasteiger partial charge in [-0.2, -0.15) is 0 Å². The van der Waals surface area contributed by atoms with Crippen molar-refractivity contribution in [2.24, 2.45) is 0 Å². The van der Waals surface area contributed by atoms with Gasteiger partial charge in [0.2, 0.25) is 5.89 Å². The number of ether oxygens (including phenoxy) is 2. The molecule has 2 unspecified atom stereocenters. The predicted molar refractivity (Wildman–Crippen MR) is 128 cm³/mol. The van der Waals surface area contributed by atoms with E-state index < -0.39 is 5.97 Å². The molecular weight excluding hydrogens is 486 g/mol. The summed E-state index contributed by atoms with van der Waals surface area (Å²) in [5.41, 5.74) is 3.53. The SMILES string of the molecule is Cc1cccc(COC2CCCC(OCc3nc(-c4ccc(Br)cc4)oc3C)C2)c1C(=O)O. The van der Waals surface area contributed by atoms with Crippen LogP contribution in [0.15, 0.2) is 51.4 Å². The molecule has 1 aliphatic rings. The van der Waals surface area contributed by atoms with Gasteiger partial charge in [0.05, 0.1) is 31.0 Å². The molecule has 0 bridgehead atoms. The molecule has 3 aromatic rings. The predicted octanol–water partition coefficient (Wildman–Crippen LogP) is 6.46. The number of halogens is 1. The lowest BCUT2D eigenvalue weighted by Gasteiger charge is -2.29. The normalized spacial score (nSPS) is 18.4. The highest BCUT2D eigenvalue weighted by molar-refractivity contribution is 9.10. The Balaban J connectivity index is 1.32. The third-order valence-corrected chi connectivity index (χ3v) is 6.59. The number of hydrogen-bond acceptors (Lipinski definition) is 5. The molecule has 0 radical (unpaired) electrons. The number of rotatable bonds is 8. The molecule has 2 aromatic carbocycles. The highest BCUT2D eigenvalue weighted by Crippen LogP contribution is 2.28. The largest absolute Gasteiger partial charge is 0.478 e. The van der Waals surface area contributed by atoms with Crippen molar-refractivity contribution in [1.29, 1.82) is 0 Å². The Hall–Kier alpha value is -2.48. The maximum Gasteiger partial charge on any atom is 0.336 e. The van der Waals surface area contributed by atoms with Crippen molar-refractivity contribution in [3.63, 3.8) is 0 Å². The number of carboxylic acid groups (broad SMARTS) is 1. The number of hydrogen-bond donors (Lipinski definition) is 1. The number of aromatic carboxylic acids is 1. The van der Waals surface area contributed by atoms with Gasteiger partial charge in [-0.05, 0) is 74.9 Å². The fourth-order valence-electron chi connectivity index (χ4n) is 4.24. The lowest BCUT2D eigenvalue weighted by molar-refractivity contribution is -0.0564. The number of carboxylic acids is 1. The summed E-state index contributed by atoms with van der Waals surface area (Å²) in [4.78, 5) is 16.2. The molecule has 1 heterocycles. The first-order valence-corrected chi connectivity index (χ1v) is 12.0. The van der Waals surface area contributed by atoms with Gasteiger partial charge in [0.1, 0.15) is 11.5 Å². The van der Waals surface area contributed by atoms with Crippen LogP contribution in [0.5, 0.6) is 0 Å². The Morgan fingerprint density at radius 1 is 1.09 bits per heavy atom. The van der Waals surface area contributed by atoms with E-state index in [0.717, 1.165) is 52.7 Å². The summed E-state index contributed by atoms with van der Waals surface area (Å²) >= 11 is 3.44. The van der Waals surface area contributed by atoms with Crippen LogP contribution in [-0.4, -0.2) is 28.3 Å². The highest BCUT2D eigenvalue weighted by atomic mass is 79.9. The van der Waals surface area contributed by atoms with Gasteiger partial charge in [0, 0.05) is 10.0 Å². The Kier molecular flexibility index (Phi) is 7.63. The van der Waals surface area contributed by atoms with Crippen LogP contribution in [0.2, 0.25) is 0 Å². The minimum atomic E-state index is -0.915. The molecule has 0 saturated heterocycles. The van der Waals surface area contributed by atoms with Crippen molar-refractivity contribution in [2.45, 2.75) is 65.0 Å². The summed E-state index contributed by atoms with van der Waals surface area (Å²) in [7, 11) is 0. The van der Waals surface area contributed by atoms with Gasteiger partial charge < -0.3 is 19.0 Å². The van der Waals surface area contributed by atoms with Crippen LogP contribution < -0.4 is 0 Å². The molecule has 6 nitrogen and oxygen atoms in total. The van der Waals surface area contributed by atoms with E-state index in [1.54, 1.807) is 0 Å². The molecule has 1 aromatic heterocycles. The minimum Gasteiger partial charge on any atom is -0.478 e. The molecule has 1 saturated carbocycles. The van der Waals surface area contributed by atoms with E-state index in [1.807, 2.05) is 56.3 Å². The van der Waals surface area contributed by atoms with Crippen molar-refractivity contribution >= 4 is 21.9 Å². The lowest BCUT2D eigenvalue weighted by Crippen LogP contribution is -2.28. The number of nitrogens with zero attached hydrogens (tertiary/aromatic N) is 1. The van der Waals surface area contributed by atoms with Crippen LogP contribution in [0.25, 0.3) is 11.5 Å². The zero-order valence-corrected chi connectivity index (χ0v) is 20.4. The van der Waals surface area contributed by atoms with Crippen molar-refractivity contribution in [1.82, 2.24) is 4.98 Å². The van der Waals surface area contributed by atoms with Crippen LogP contribution >= 0.6 is 15.9 Å². The van der Waals surface area contributed by atoms with E-state index in [1.165, 1.54) is 0 Å². The van der Waals surface area contributed by atoms with Crippen LogP contribution in [0.4, 0.5) is 0 Å². The van der Waals surface area contributed by atoms with E-state index in [2.05, 4.69) is 20.9 Å². The van der Waals surface area contributed by atoms with Crippen LogP contribution in [-0.2, 0) is 22.7 Å². The second-order valence-electron chi connectivity index (χ2n) is 8.48. The third kappa shape index (κ3) is 5.91. The standard InChI is InChI=1S/C26H28BrNO5/c1-16-5-3-6-19(24(16)26(29)30)14-31-21-7-4-8-22(13-21)32-15-23-17(2)33-25(28-23)18-9-11-20(27)12-10-18/h3,5-6,9-12,21-22H,4,7-8,13-15H2,1-2H3,(H,29,30). The molecule has 0 spiro atoms. The maximum atomic E-state index is 11.6. The van der Waals surface area contributed by atoms with Gasteiger partial charge in [-0.25, -0.2) is 9.78 Å². The Morgan fingerprint density at radius 2 is 1.79 bits per heavy atom. The average molecular weight is 514 g/mol. The molecule has 174 valence electrons. The molecule has 1 N–H and O–H groups in total. The summed E-state index contributed by atoms with van der Waals surface area (Å²) in [5, 5.41) is 9.52. The minimum absolute atomic E-state index is 0.0441. The van der Waals surface area contributed by atoms with Gasteiger partial charge >= 0.3 is 5.97 Å². The zero-order chi connectivity index (χ0) is 23.4. The Labute approximate surface area is 202 Å². The Morgan fingerprint density at radius 3 is 2.48 bits per heavy atom. The maximum absolute atomic E-state index is 11.6. The van der Waals surface area contributed by atoms with E-state index in [4.69, 9.17) is 13.9 Å². The first-order valence-electron chi connectivity index (χ1n) is 11.2. The third-order valence-electron chi connectivity index (χ3n) is 6.07. The second-order valence-corrected chi connectivity index (χ2v) is 9.39. The van der Waals surface area contributed by atoms with Crippen LogP contribution in [0, 0.1) is 13.8 Å². The summed E-state index contributed by atoms with van der Waals surface area (Å²) in [6.07, 6.45) is 3.84. The quantitative estimate of drug-likeness (QED) is 0.372. The summed E-state index contributed by atoms with van der Waals surface area (Å²) < 4.78 is 19.1. The number of carbonyl (C=O) groups is 1. The number of aryl methyl sites for hydroxylation is 2. The van der Waals surface area contributed by atoms with Gasteiger partial charge in [-0.3, -0.25) is 0 Å². The van der Waals surface area contributed by atoms with Crippen LogP contribution in [0.1, 0.15) is 58.6 Å². The smallest absolute Gasteiger partial charge is 0.336 e. The number of oxazole rings is 1. The van der Waals surface area contributed by atoms with Crippen LogP contribution in [0.3, 0.4) is 0 Å². The topological polar surface area (TPSA) is 81.8 Å². The van der Waals surface area contributed by atoms with E-state index in [-0.39, 0.29) is 12.2 Å². The molecule has 2 atom stereocenters. The summed E-state index contributed by atoms with van der Waals surface area (Å²) in [6.45, 7) is 4.40. The van der Waals surface area contributed by atoms with E-state index in [9.17, 15) is 9.90 Å². The first-order chi connectivity index (χ1) is 15.9. The summed E-state index contributed by atoms with van der Waals surface area (Å²) in [6, 6.07) is 13.4. The number of benzene rings is 2. The average Bonchev–Trinajstić information content (AvgIpc) is 3.17. The highest BCUT2D eigenvalue weighted by Gasteiger charge is 2.25. The van der Waals surface area contributed by atoms with Crippen molar-refractivity contribution in [3.8, 4) is 11.5 Å². The van der Waals surface area contributed by atoms with E-state index in [0.29, 0.717) is 30.2 Å². The Bertz CT molecular complexity index is 1110. The van der Waals surface area contributed by atoms with Crippen molar-refractivity contribution in [3.05, 3.63) is 75.1 Å². The molecular formula is C26H28BrNO5. The number of aromatic nitrogens is 1. The molecule has 7 heteroatoms. The molecule has 1 fully saturated rings. The van der Waals surface area contributed by atoms with Gasteiger partial charge in [-0.15, -0.1) is 0 Å². The molecule has 0 aliphatic heterocycles. The first kappa shape index (κ1) is 23.7. The molecule has 0 amide bonds. The summed E-state index contributed by atoms with van der Waals surface area (Å²) in [5.74, 6) is 0.440. The van der Waals surface area contributed by atoms with Gasteiger partial charge in [0.15, 0.2) is 0 Å². The fourth-order valence-corrected chi connectivity index (χ4v) is 4.51. The molecule has 1 aliphatic carbocycles. The van der Waals surface area contributed by atoms with Gasteiger partial charge in [0.25, 0.3) is 0 Å². The zero-order valence-electron chi connectivity index (χ0n) is 18.8. The second kappa shape index (κ2) is 10.6. The molecule has 4 rings (SSSR count). The van der Waals surface area contributed by atoms with E-state index >= 15 is 0 Å². The molecule has 33 heavy (non-hydrogen) atoms. The van der Waals surface area contributed by atoms with Crippen molar-refractivity contribution < 1.29 is 23.8 Å². The monoisotopic (exact) mass is 513 g/mol. The van der Waals surface area contributed by atoms with Gasteiger partial charge in [-0.1, -0.05) is 34.1 Å².